The first kappa shape index (κ1) is 9.79. The minimum atomic E-state index is 0.148. The molecule has 78 valence electrons. The van der Waals surface area contributed by atoms with Crippen LogP contribution in [0.3, 0.4) is 0 Å². The van der Waals surface area contributed by atoms with Crippen LogP contribution in [0, 0.1) is 0 Å². The molecule has 0 aliphatic heterocycles. The van der Waals surface area contributed by atoms with E-state index in [4.69, 9.17) is 0 Å². The maximum absolute atomic E-state index is 4.22. The van der Waals surface area contributed by atoms with Gasteiger partial charge in [-0.2, -0.15) is 5.10 Å². The third-order valence-corrected chi connectivity index (χ3v) is 2.16. The standard InChI is InChI=1S/C10H13N5/c1-8(10-13-7-14-15-10)12-6-9-4-2-3-5-11-9/h2-5,7-8,12H,6H2,1H3,(H,13,14,15). The van der Waals surface area contributed by atoms with Gasteiger partial charge in [0.2, 0.25) is 0 Å². The highest BCUT2D eigenvalue weighted by molar-refractivity contribution is 5.03. The highest BCUT2D eigenvalue weighted by Gasteiger charge is 2.06. The monoisotopic (exact) mass is 203 g/mol. The van der Waals surface area contributed by atoms with Gasteiger partial charge >= 0.3 is 0 Å². The Balaban J connectivity index is 1.89. The summed E-state index contributed by atoms with van der Waals surface area (Å²) in [5, 5.41) is 9.94. The molecule has 2 N–H and O–H groups in total. The highest BCUT2D eigenvalue weighted by Crippen LogP contribution is 2.05. The molecule has 0 aromatic carbocycles. The van der Waals surface area contributed by atoms with E-state index in [1.807, 2.05) is 25.1 Å². The van der Waals surface area contributed by atoms with Crippen molar-refractivity contribution in [2.75, 3.05) is 0 Å². The zero-order chi connectivity index (χ0) is 10.5. The number of hydrogen-bond acceptors (Lipinski definition) is 4. The molecule has 0 saturated heterocycles. The number of aromatic amines is 1. The number of nitrogens with zero attached hydrogens (tertiary/aromatic N) is 3. The summed E-state index contributed by atoms with van der Waals surface area (Å²) >= 11 is 0. The first-order valence-corrected chi connectivity index (χ1v) is 4.85. The number of aromatic nitrogens is 4. The lowest BCUT2D eigenvalue weighted by atomic mass is 10.3. The second-order valence-electron chi connectivity index (χ2n) is 3.29. The lowest BCUT2D eigenvalue weighted by Gasteiger charge is -2.09. The molecule has 0 fully saturated rings. The van der Waals surface area contributed by atoms with Crippen LogP contribution in [-0.4, -0.2) is 20.2 Å². The maximum atomic E-state index is 4.22. The van der Waals surface area contributed by atoms with E-state index < -0.39 is 0 Å². The molecule has 0 amide bonds. The molecule has 5 heteroatoms. The Labute approximate surface area is 88.0 Å². The lowest BCUT2D eigenvalue weighted by molar-refractivity contribution is 0.542. The van der Waals surface area contributed by atoms with Crippen molar-refractivity contribution in [1.29, 1.82) is 0 Å². The number of rotatable bonds is 4. The molecule has 15 heavy (non-hydrogen) atoms. The van der Waals surface area contributed by atoms with Crippen molar-refractivity contribution in [2.45, 2.75) is 19.5 Å². The summed E-state index contributed by atoms with van der Waals surface area (Å²) < 4.78 is 0. The van der Waals surface area contributed by atoms with Crippen molar-refractivity contribution in [3.8, 4) is 0 Å². The first-order chi connectivity index (χ1) is 7.36. The van der Waals surface area contributed by atoms with E-state index in [0.29, 0.717) is 0 Å². The van der Waals surface area contributed by atoms with Crippen molar-refractivity contribution in [1.82, 2.24) is 25.5 Å². The van der Waals surface area contributed by atoms with Crippen LogP contribution in [0.1, 0.15) is 24.5 Å². The fraction of sp³-hybridized carbons (Fsp3) is 0.300. The van der Waals surface area contributed by atoms with E-state index in [0.717, 1.165) is 18.1 Å². The third kappa shape index (κ3) is 2.60. The smallest absolute Gasteiger partial charge is 0.141 e. The van der Waals surface area contributed by atoms with Gasteiger partial charge in [0.05, 0.1) is 11.7 Å². The normalized spacial score (nSPS) is 12.6. The number of H-pyrrole nitrogens is 1. The molecular weight excluding hydrogens is 190 g/mol. The first-order valence-electron chi connectivity index (χ1n) is 4.85. The SMILES string of the molecule is CC(NCc1ccccn1)c1ncn[nH]1. The van der Waals surface area contributed by atoms with Crippen LogP contribution in [0.2, 0.25) is 0 Å². The summed E-state index contributed by atoms with van der Waals surface area (Å²) in [7, 11) is 0. The van der Waals surface area contributed by atoms with E-state index in [2.05, 4.69) is 25.5 Å². The molecule has 0 bridgehead atoms. The molecule has 0 spiro atoms. The van der Waals surface area contributed by atoms with Crippen LogP contribution in [0.15, 0.2) is 30.7 Å². The van der Waals surface area contributed by atoms with E-state index in [-0.39, 0.29) is 6.04 Å². The predicted molar refractivity (Wildman–Crippen MR) is 55.9 cm³/mol. The van der Waals surface area contributed by atoms with Crippen LogP contribution >= 0.6 is 0 Å². The molecule has 2 heterocycles. The van der Waals surface area contributed by atoms with Crippen LogP contribution < -0.4 is 5.32 Å². The van der Waals surface area contributed by atoms with Gasteiger partial charge in [0.15, 0.2) is 0 Å². The Morgan fingerprint density at radius 2 is 2.33 bits per heavy atom. The van der Waals surface area contributed by atoms with Gasteiger partial charge in [-0.25, -0.2) is 4.98 Å². The second-order valence-corrected chi connectivity index (χ2v) is 3.29. The van der Waals surface area contributed by atoms with Crippen LogP contribution in [0.5, 0.6) is 0 Å². The quantitative estimate of drug-likeness (QED) is 0.779. The topological polar surface area (TPSA) is 66.5 Å². The summed E-state index contributed by atoms with van der Waals surface area (Å²) in [5.41, 5.74) is 1.02. The summed E-state index contributed by atoms with van der Waals surface area (Å²) in [6.45, 7) is 2.76. The van der Waals surface area contributed by atoms with Crippen LogP contribution in [0.25, 0.3) is 0 Å². The zero-order valence-corrected chi connectivity index (χ0v) is 8.51. The van der Waals surface area contributed by atoms with Gasteiger partial charge < -0.3 is 5.32 Å². The zero-order valence-electron chi connectivity index (χ0n) is 8.51. The van der Waals surface area contributed by atoms with Crippen molar-refractivity contribution >= 4 is 0 Å². The average Bonchev–Trinajstić information content (AvgIpc) is 2.81. The molecule has 0 aliphatic carbocycles. The van der Waals surface area contributed by atoms with E-state index in [9.17, 15) is 0 Å². The third-order valence-electron chi connectivity index (χ3n) is 2.16. The average molecular weight is 203 g/mol. The van der Waals surface area contributed by atoms with E-state index in [1.165, 1.54) is 6.33 Å². The van der Waals surface area contributed by atoms with Crippen molar-refractivity contribution in [3.05, 3.63) is 42.2 Å². The van der Waals surface area contributed by atoms with Gasteiger partial charge in [-0.1, -0.05) is 6.07 Å². The Morgan fingerprint density at radius 1 is 1.40 bits per heavy atom. The Morgan fingerprint density at radius 3 is 3.00 bits per heavy atom. The fourth-order valence-electron chi connectivity index (χ4n) is 1.28. The Hall–Kier alpha value is -1.75. The summed E-state index contributed by atoms with van der Waals surface area (Å²) in [6.07, 6.45) is 3.30. The Bertz CT molecular complexity index is 383. The van der Waals surface area contributed by atoms with Gasteiger partial charge in [0.1, 0.15) is 12.2 Å². The molecule has 1 unspecified atom stereocenters. The molecule has 2 rings (SSSR count). The number of nitrogens with one attached hydrogen (secondary N) is 2. The van der Waals surface area contributed by atoms with Gasteiger partial charge in [-0.3, -0.25) is 10.1 Å². The second kappa shape index (κ2) is 4.65. The molecule has 5 nitrogen and oxygen atoms in total. The summed E-state index contributed by atoms with van der Waals surface area (Å²) in [5.74, 6) is 0.839. The molecule has 1 atom stereocenters. The molecule has 0 saturated carbocycles. The molecular formula is C10H13N5. The number of hydrogen-bond donors (Lipinski definition) is 2. The minimum Gasteiger partial charge on any atom is -0.302 e. The molecule has 0 aliphatic rings. The van der Waals surface area contributed by atoms with Crippen molar-refractivity contribution in [2.24, 2.45) is 0 Å². The molecule has 2 aromatic rings. The largest absolute Gasteiger partial charge is 0.302 e. The predicted octanol–water partition coefficient (Wildman–Crippen LogP) is 1.05. The lowest BCUT2D eigenvalue weighted by Crippen LogP contribution is -2.19. The number of pyridine rings is 1. The van der Waals surface area contributed by atoms with Crippen LogP contribution in [0.4, 0.5) is 0 Å². The van der Waals surface area contributed by atoms with Gasteiger partial charge in [0.25, 0.3) is 0 Å². The molecule has 2 aromatic heterocycles. The summed E-state index contributed by atoms with van der Waals surface area (Å²) in [6, 6.07) is 6.02. The maximum Gasteiger partial charge on any atom is 0.141 e. The van der Waals surface area contributed by atoms with Gasteiger partial charge in [-0.15, -0.1) is 0 Å². The fourth-order valence-corrected chi connectivity index (χ4v) is 1.28. The Kier molecular flexibility index (Phi) is 3.04. The molecule has 0 radical (unpaired) electrons. The minimum absolute atomic E-state index is 0.148. The van der Waals surface area contributed by atoms with Gasteiger partial charge in [-0.05, 0) is 19.1 Å². The van der Waals surface area contributed by atoms with Crippen molar-refractivity contribution in [3.63, 3.8) is 0 Å². The van der Waals surface area contributed by atoms with Crippen molar-refractivity contribution < 1.29 is 0 Å². The van der Waals surface area contributed by atoms with E-state index >= 15 is 0 Å². The summed E-state index contributed by atoms with van der Waals surface area (Å²) in [4.78, 5) is 8.30. The van der Waals surface area contributed by atoms with Crippen LogP contribution in [-0.2, 0) is 6.54 Å². The van der Waals surface area contributed by atoms with E-state index in [1.54, 1.807) is 6.20 Å². The highest BCUT2D eigenvalue weighted by atomic mass is 15.2. The van der Waals surface area contributed by atoms with Gasteiger partial charge in [0, 0.05) is 12.7 Å².